The van der Waals surface area contributed by atoms with Crippen LogP contribution in [-0.4, -0.2) is 21.5 Å². The first-order valence-electron chi connectivity index (χ1n) is 5.70. The zero-order valence-electron chi connectivity index (χ0n) is 10.5. The maximum atomic E-state index is 12.8. The van der Waals surface area contributed by atoms with E-state index in [0.29, 0.717) is 10.9 Å². The largest absolute Gasteiger partial charge is 0.299 e. The van der Waals surface area contributed by atoms with E-state index >= 15 is 0 Å². The molecule has 0 radical (unpaired) electrons. The fourth-order valence-electron chi connectivity index (χ4n) is 1.25. The molecule has 106 valence electrons. The van der Waals surface area contributed by atoms with Gasteiger partial charge in [-0.3, -0.25) is 10.1 Å². The van der Waals surface area contributed by atoms with Gasteiger partial charge in [-0.1, -0.05) is 35.2 Å². The van der Waals surface area contributed by atoms with Crippen LogP contribution in [0.3, 0.4) is 0 Å². The van der Waals surface area contributed by atoms with Crippen LogP contribution in [0.4, 0.5) is 9.52 Å². The number of hydrogen-bond donors (Lipinski definition) is 1. The molecule has 0 saturated carbocycles. The number of hydrogen-bond acceptors (Lipinski definition) is 5. The number of carbonyl (C=O) groups is 1. The Labute approximate surface area is 128 Å². The van der Waals surface area contributed by atoms with Gasteiger partial charge < -0.3 is 0 Å². The fourth-order valence-corrected chi connectivity index (χ4v) is 3.01. The molecule has 20 heavy (non-hydrogen) atoms. The van der Waals surface area contributed by atoms with Crippen molar-refractivity contribution in [3.63, 3.8) is 0 Å². The molecule has 0 fully saturated rings. The highest BCUT2D eigenvalue weighted by molar-refractivity contribution is 8.00. The van der Waals surface area contributed by atoms with Crippen LogP contribution < -0.4 is 5.32 Å². The third-order valence-electron chi connectivity index (χ3n) is 2.27. The number of rotatable bonds is 5. The minimum absolute atomic E-state index is 0.255. The number of carbonyl (C=O) groups excluding carboxylic acids is 1. The fraction of sp³-hybridized carbons (Fsp3) is 0.250. The Kier molecular flexibility index (Phi) is 5.33. The highest BCUT2D eigenvalue weighted by atomic mass is 35.5. The van der Waals surface area contributed by atoms with Crippen molar-refractivity contribution in [3.8, 4) is 0 Å². The Morgan fingerprint density at radius 3 is 2.80 bits per heavy atom. The summed E-state index contributed by atoms with van der Waals surface area (Å²) in [5.41, 5.74) is 0.992. The molecule has 1 N–H and O–H groups in total. The number of amides is 1. The zero-order valence-corrected chi connectivity index (χ0v) is 12.9. The number of benzene rings is 1. The van der Waals surface area contributed by atoms with Crippen LogP contribution in [-0.2, 0) is 10.5 Å². The van der Waals surface area contributed by atoms with E-state index in [-0.39, 0.29) is 11.7 Å². The van der Waals surface area contributed by atoms with Gasteiger partial charge in [-0.15, -0.1) is 21.8 Å². The standard InChI is InChI=1S/C12H11ClFN3OS2/c1-7(13)10(18)15-11-16-17-12(20-11)19-6-8-2-4-9(14)5-3-8/h2-5,7H,6H2,1H3,(H,15,16,18). The molecular formula is C12H11ClFN3OS2. The number of anilines is 1. The van der Waals surface area contributed by atoms with E-state index in [9.17, 15) is 9.18 Å². The number of thioether (sulfide) groups is 1. The van der Waals surface area contributed by atoms with E-state index in [2.05, 4.69) is 15.5 Å². The van der Waals surface area contributed by atoms with Gasteiger partial charge in [0.1, 0.15) is 11.2 Å². The van der Waals surface area contributed by atoms with Crippen molar-refractivity contribution in [1.82, 2.24) is 10.2 Å². The monoisotopic (exact) mass is 331 g/mol. The lowest BCUT2D eigenvalue weighted by Gasteiger charge is -2.00. The van der Waals surface area contributed by atoms with Gasteiger partial charge in [-0.25, -0.2) is 4.39 Å². The van der Waals surface area contributed by atoms with Gasteiger partial charge in [0.05, 0.1) is 0 Å². The molecular weight excluding hydrogens is 321 g/mol. The van der Waals surface area contributed by atoms with Crippen LogP contribution in [0.2, 0.25) is 0 Å². The van der Waals surface area contributed by atoms with Crippen molar-refractivity contribution in [3.05, 3.63) is 35.6 Å². The molecule has 1 atom stereocenters. The van der Waals surface area contributed by atoms with Crippen LogP contribution in [0.1, 0.15) is 12.5 Å². The number of halogens is 2. The molecule has 1 unspecified atom stereocenters. The van der Waals surface area contributed by atoms with Crippen LogP contribution in [0, 0.1) is 5.82 Å². The lowest BCUT2D eigenvalue weighted by atomic mass is 10.2. The molecule has 2 rings (SSSR count). The van der Waals surface area contributed by atoms with Crippen molar-refractivity contribution in [2.24, 2.45) is 0 Å². The maximum Gasteiger partial charge on any atom is 0.243 e. The summed E-state index contributed by atoms with van der Waals surface area (Å²) in [4.78, 5) is 11.4. The van der Waals surface area contributed by atoms with E-state index in [1.165, 1.54) is 35.2 Å². The van der Waals surface area contributed by atoms with Crippen molar-refractivity contribution < 1.29 is 9.18 Å². The van der Waals surface area contributed by atoms with Crippen molar-refractivity contribution in [2.75, 3.05) is 5.32 Å². The minimum atomic E-state index is -0.616. The van der Waals surface area contributed by atoms with E-state index in [0.717, 1.165) is 9.90 Å². The molecule has 0 spiro atoms. The quantitative estimate of drug-likeness (QED) is 0.517. The maximum absolute atomic E-state index is 12.8. The lowest BCUT2D eigenvalue weighted by Crippen LogP contribution is -2.20. The predicted octanol–water partition coefficient (Wildman–Crippen LogP) is 3.54. The Bertz CT molecular complexity index is 589. The topological polar surface area (TPSA) is 54.9 Å². The van der Waals surface area contributed by atoms with Crippen molar-refractivity contribution in [1.29, 1.82) is 0 Å². The number of aromatic nitrogens is 2. The van der Waals surface area contributed by atoms with Crippen molar-refractivity contribution >= 4 is 45.7 Å². The second kappa shape index (κ2) is 7.01. The normalized spacial score (nSPS) is 12.2. The summed E-state index contributed by atoms with van der Waals surface area (Å²) in [5.74, 6) is 0.0992. The van der Waals surface area contributed by atoms with E-state index in [1.54, 1.807) is 19.1 Å². The summed E-state index contributed by atoms with van der Waals surface area (Å²) in [5, 5.41) is 10.2. The highest BCUT2D eigenvalue weighted by Gasteiger charge is 2.12. The Morgan fingerprint density at radius 1 is 1.45 bits per heavy atom. The molecule has 0 saturated heterocycles. The Hall–Kier alpha value is -1.18. The van der Waals surface area contributed by atoms with E-state index in [1.807, 2.05) is 0 Å². The van der Waals surface area contributed by atoms with E-state index < -0.39 is 5.38 Å². The third kappa shape index (κ3) is 4.43. The summed E-state index contributed by atoms with van der Waals surface area (Å²) in [7, 11) is 0. The molecule has 0 aliphatic heterocycles. The Morgan fingerprint density at radius 2 is 2.15 bits per heavy atom. The van der Waals surface area contributed by atoms with Gasteiger partial charge in [0.2, 0.25) is 11.0 Å². The highest BCUT2D eigenvalue weighted by Crippen LogP contribution is 2.28. The summed E-state index contributed by atoms with van der Waals surface area (Å²) in [6.07, 6.45) is 0. The first-order valence-corrected chi connectivity index (χ1v) is 7.94. The van der Waals surface area contributed by atoms with E-state index in [4.69, 9.17) is 11.6 Å². The number of alkyl halides is 1. The molecule has 1 aromatic carbocycles. The SMILES string of the molecule is CC(Cl)C(=O)Nc1nnc(SCc2ccc(F)cc2)s1. The number of nitrogens with one attached hydrogen (secondary N) is 1. The zero-order chi connectivity index (χ0) is 14.5. The average molecular weight is 332 g/mol. The summed E-state index contributed by atoms with van der Waals surface area (Å²) in [6.45, 7) is 1.59. The van der Waals surface area contributed by atoms with Gasteiger partial charge in [-0.05, 0) is 24.6 Å². The molecule has 1 amide bonds. The lowest BCUT2D eigenvalue weighted by molar-refractivity contribution is -0.115. The molecule has 4 nitrogen and oxygen atoms in total. The number of nitrogens with zero attached hydrogens (tertiary/aromatic N) is 2. The predicted molar refractivity (Wildman–Crippen MR) is 79.8 cm³/mol. The molecule has 0 bridgehead atoms. The molecule has 1 aromatic heterocycles. The van der Waals surface area contributed by atoms with Crippen LogP contribution in [0.25, 0.3) is 0 Å². The summed E-state index contributed by atoms with van der Waals surface area (Å²) >= 11 is 8.40. The van der Waals surface area contributed by atoms with Gasteiger partial charge in [0.15, 0.2) is 4.34 Å². The molecule has 2 aromatic rings. The smallest absolute Gasteiger partial charge is 0.243 e. The third-order valence-corrected chi connectivity index (χ3v) is 4.51. The minimum Gasteiger partial charge on any atom is -0.299 e. The van der Waals surface area contributed by atoms with Gasteiger partial charge in [-0.2, -0.15) is 0 Å². The first-order chi connectivity index (χ1) is 9.54. The second-order valence-electron chi connectivity index (χ2n) is 3.89. The van der Waals surface area contributed by atoms with Crippen LogP contribution in [0.15, 0.2) is 28.6 Å². The summed E-state index contributed by atoms with van der Waals surface area (Å²) in [6, 6.07) is 6.29. The second-order valence-corrected chi connectivity index (χ2v) is 6.75. The Balaban J connectivity index is 1.89. The van der Waals surface area contributed by atoms with Gasteiger partial charge in [0, 0.05) is 5.75 Å². The van der Waals surface area contributed by atoms with Crippen molar-refractivity contribution in [2.45, 2.75) is 22.4 Å². The van der Waals surface area contributed by atoms with Crippen LogP contribution in [0.5, 0.6) is 0 Å². The average Bonchev–Trinajstić information content (AvgIpc) is 2.85. The van der Waals surface area contributed by atoms with Gasteiger partial charge >= 0.3 is 0 Å². The first kappa shape index (κ1) is 15.2. The molecule has 8 heteroatoms. The van der Waals surface area contributed by atoms with Crippen LogP contribution >= 0.6 is 34.7 Å². The molecule has 0 aliphatic rings. The molecule has 1 heterocycles. The van der Waals surface area contributed by atoms with Gasteiger partial charge in [0.25, 0.3) is 0 Å². The summed E-state index contributed by atoms with van der Waals surface area (Å²) < 4.78 is 13.5. The molecule has 0 aliphatic carbocycles.